The molecule has 0 aliphatic carbocycles. The lowest BCUT2D eigenvalue weighted by Gasteiger charge is -2.14. The van der Waals surface area contributed by atoms with Crippen LogP contribution in [-0.4, -0.2) is 19.1 Å². The van der Waals surface area contributed by atoms with Gasteiger partial charge in [-0.15, -0.1) is 0 Å². The first-order valence-electron chi connectivity index (χ1n) is 20.2. The SMILES string of the molecule is Cc1ccc(-c2cc(-c3ccc(-c4ccc(-n5c6ccccc6c6cc(-n7c8ccccc8c8ccccc87)ccc65)cc4C)cc3)nc(-c3ccc(C)cc3)n2)cc1. The molecule has 8 aromatic carbocycles. The van der Waals surface area contributed by atoms with Crippen LogP contribution >= 0.6 is 0 Å². The van der Waals surface area contributed by atoms with E-state index in [1.807, 2.05) is 0 Å². The van der Waals surface area contributed by atoms with Gasteiger partial charge < -0.3 is 9.13 Å². The molecule has 0 N–H and O–H groups in total. The Labute approximate surface area is 343 Å². The van der Waals surface area contributed by atoms with Gasteiger partial charge in [-0.1, -0.05) is 145 Å². The smallest absolute Gasteiger partial charge is 0.160 e. The summed E-state index contributed by atoms with van der Waals surface area (Å²) in [7, 11) is 0. The summed E-state index contributed by atoms with van der Waals surface area (Å²) in [5.74, 6) is 0.724. The van der Waals surface area contributed by atoms with Crippen LogP contribution in [0.4, 0.5) is 0 Å². The van der Waals surface area contributed by atoms with Crippen molar-refractivity contribution in [2.24, 2.45) is 0 Å². The maximum Gasteiger partial charge on any atom is 0.160 e. The molecule has 0 atom stereocenters. The molecule has 11 aromatic rings. The number of fused-ring (bicyclic) bond motifs is 6. The van der Waals surface area contributed by atoms with Gasteiger partial charge in [-0.05, 0) is 92.1 Å². The summed E-state index contributed by atoms with van der Waals surface area (Å²) in [6, 6.07) is 67.8. The number of hydrogen-bond acceptors (Lipinski definition) is 2. The summed E-state index contributed by atoms with van der Waals surface area (Å²) in [5.41, 5.74) is 18.1. The third kappa shape index (κ3) is 5.92. The van der Waals surface area contributed by atoms with Gasteiger partial charge in [0.1, 0.15) is 0 Å². The molecule has 0 aliphatic heterocycles. The monoisotopic (exact) mass is 756 g/mol. The zero-order chi connectivity index (χ0) is 39.6. The molecule has 0 saturated heterocycles. The molecule has 0 bridgehead atoms. The third-order valence-electron chi connectivity index (χ3n) is 11.8. The largest absolute Gasteiger partial charge is 0.309 e. The molecule has 11 rings (SSSR count). The van der Waals surface area contributed by atoms with Crippen LogP contribution < -0.4 is 0 Å². The average Bonchev–Trinajstić information content (AvgIpc) is 3.79. The Balaban J connectivity index is 0.964. The Morgan fingerprint density at radius 1 is 0.339 bits per heavy atom. The lowest BCUT2D eigenvalue weighted by Crippen LogP contribution is -1.97. The lowest BCUT2D eigenvalue weighted by atomic mass is 9.98. The predicted octanol–water partition coefficient (Wildman–Crippen LogP) is 14.3. The highest BCUT2D eigenvalue weighted by Gasteiger charge is 2.17. The Hall–Kier alpha value is -7.56. The minimum absolute atomic E-state index is 0.724. The number of rotatable bonds is 6. The van der Waals surface area contributed by atoms with Crippen molar-refractivity contribution < 1.29 is 0 Å². The molecule has 3 heterocycles. The maximum atomic E-state index is 5.09. The van der Waals surface area contributed by atoms with E-state index in [4.69, 9.17) is 9.97 Å². The number of aromatic nitrogens is 4. The fourth-order valence-electron chi connectivity index (χ4n) is 8.81. The van der Waals surface area contributed by atoms with E-state index in [0.717, 1.165) is 45.3 Å². The van der Waals surface area contributed by atoms with Crippen molar-refractivity contribution >= 4 is 43.6 Å². The molecule has 0 aliphatic rings. The number of nitrogens with zero attached hydrogens (tertiary/aromatic N) is 4. The molecule has 59 heavy (non-hydrogen) atoms. The zero-order valence-electron chi connectivity index (χ0n) is 33.2. The number of benzene rings is 8. The van der Waals surface area contributed by atoms with Gasteiger partial charge in [0, 0.05) is 49.6 Å². The van der Waals surface area contributed by atoms with E-state index in [-0.39, 0.29) is 0 Å². The second kappa shape index (κ2) is 13.8. The average molecular weight is 757 g/mol. The van der Waals surface area contributed by atoms with Gasteiger partial charge in [0.05, 0.1) is 33.5 Å². The Morgan fingerprint density at radius 3 is 1.31 bits per heavy atom. The molecular formula is C55H40N4. The Morgan fingerprint density at radius 2 is 0.763 bits per heavy atom. The van der Waals surface area contributed by atoms with Gasteiger partial charge in [-0.2, -0.15) is 0 Å². The van der Waals surface area contributed by atoms with Gasteiger partial charge in [0.25, 0.3) is 0 Å². The second-order valence-electron chi connectivity index (χ2n) is 15.7. The lowest BCUT2D eigenvalue weighted by molar-refractivity contribution is 1.16. The molecule has 0 spiro atoms. The molecule has 0 saturated carbocycles. The molecule has 4 heteroatoms. The minimum Gasteiger partial charge on any atom is -0.309 e. The van der Waals surface area contributed by atoms with Crippen LogP contribution in [0, 0.1) is 20.8 Å². The molecule has 0 unspecified atom stereocenters. The molecule has 4 nitrogen and oxygen atoms in total. The standard InChI is InChI=1S/C55H40N4/c1-35-16-20-39(21-17-35)49-34-50(57-55(56-49)41-22-18-36(2)19-23-41)40-26-24-38(25-27-40)44-30-28-42(32-37(44)3)58-53-15-9-6-12-47(53)48-33-43(29-31-54(48)58)59-51-13-7-4-10-45(51)46-11-5-8-14-52(46)59/h4-34H,1-3H3. The third-order valence-corrected chi connectivity index (χ3v) is 11.8. The zero-order valence-corrected chi connectivity index (χ0v) is 33.2. The molecule has 0 fully saturated rings. The Kier molecular flexibility index (Phi) is 8.12. The van der Waals surface area contributed by atoms with E-state index in [0.29, 0.717) is 0 Å². The fourth-order valence-corrected chi connectivity index (χ4v) is 8.81. The van der Waals surface area contributed by atoms with Crippen molar-refractivity contribution in [3.8, 4) is 56.4 Å². The number of hydrogen-bond donors (Lipinski definition) is 0. The van der Waals surface area contributed by atoms with Crippen LogP contribution in [-0.2, 0) is 0 Å². The summed E-state index contributed by atoms with van der Waals surface area (Å²) >= 11 is 0. The van der Waals surface area contributed by atoms with E-state index in [9.17, 15) is 0 Å². The normalized spacial score (nSPS) is 11.6. The molecule has 3 aromatic heterocycles. The summed E-state index contributed by atoms with van der Waals surface area (Å²) in [6.45, 7) is 6.42. The van der Waals surface area contributed by atoms with Crippen molar-refractivity contribution in [1.29, 1.82) is 0 Å². The van der Waals surface area contributed by atoms with Gasteiger partial charge in [0.2, 0.25) is 0 Å². The highest BCUT2D eigenvalue weighted by atomic mass is 15.0. The first-order chi connectivity index (χ1) is 29.0. The highest BCUT2D eigenvalue weighted by molar-refractivity contribution is 6.12. The quantitative estimate of drug-likeness (QED) is 0.169. The summed E-state index contributed by atoms with van der Waals surface area (Å²) < 4.78 is 4.81. The van der Waals surface area contributed by atoms with Crippen molar-refractivity contribution in [3.05, 3.63) is 205 Å². The molecule has 280 valence electrons. The number of aryl methyl sites for hydroxylation is 3. The van der Waals surface area contributed by atoms with Crippen molar-refractivity contribution in [2.75, 3.05) is 0 Å². The first kappa shape index (κ1) is 34.7. The van der Waals surface area contributed by atoms with Crippen LogP contribution in [0.5, 0.6) is 0 Å². The van der Waals surface area contributed by atoms with Crippen molar-refractivity contribution in [2.45, 2.75) is 20.8 Å². The highest BCUT2D eigenvalue weighted by Crippen LogP contribution is 2.38. The van der Waals surface area contributed by atoms with Gasteiger partial charge in [-0.25, -0.2) is 9.97 Å². The summed E-state index contributed by atoms with van der Waals surface area (Å²) in [6.07, 6.45) is 0. The molecule has 0 radical (unpaired) electrons. The summed E-state index contributed by atoms with van der Waals surface area (Å²) in [4.78, 5) is 10.1. The fraction of sp³-hybridized carbons (Fsp3) is 0.0545. The van der Waals surface area contributed by atoms with E-state index in [1.54, 1.807) is 0 Å². The van der Waals surface area contributed by atoms with E-state index < -0.39 is 0 Å². The molecular weight excluding hydrogens is 717 g/mol. The first-order valence-corrected chi connectivity index (χ1v) is 20.2. The van der Waals surface area contributed by atoms with Crippen LogP contribution in [0.3, 0.4) is 0 Å². The second-order valence-corrected chi connectivity index (χ2v) is 15.7. The minimum atomic E-state index is 0.724. The van der Waals surface area contributed by atoms with Gasteiger partial charge in [0.15, 0.2) is 5.82 Å². The molecule has 0 amide bonds. The predicted molar refractivity (Wildman–Crippen MR) is 247 cm³/mol. The van der Waals surface area contributed by atoms with Gasteiger partial charge >= 0.3 is 0 Å². The number of para-hydroxylation sites is 3. The van der Waals surface area contributed by atoms with Crippen molar-refractivity contribution in [1.82, 2.24) is 19.1 Å². The topological polar surface area (TPSA) is 35.6 Å². The maximum absolute atomic E-state index is 5.09. The summed E-state index contributed by atoms with van der Waals surface area (Å²) in [5, 5.41) is 5.01. The van der Waals surface area contributed by atoms with Crippen LogP contribution in [0.1, 0.15) is 16.7 Å². The van der Waals surface area contributed by atoms with Crippen LogP contribution in [0.25, 0.3) is 100 Å². The van der Waals surface area contributed by atoms with Crippen LogP contribution in [0.2, 0.25) is 0 Å². The van der Waals surface area contributed by atoms with Crippen molar-refractivity contribution in [3.63, 3.8) is 0 Å². The van der Waals surface area contributed by atoms with E-state index >= 15 is 0 Å². The van der Waals surface area contributed by atoms with E-state index in [2.05, 4.69) is 218 Å². The van der Waals surface area contributed by atoms with E-state index in [1.165, 1.54) is 71.4 Å². The van der Waals surface area contributed by atoms with Crippen LogP contribution in [0.15, 0.2) is 188 Å². The Bertz CT molecular complexity index is 3270. The van der Waals surface area contributed by atoms with Gasteiger partial charge in [-0.3, -0.25) is 0 Å².